The van der Waals surface area contributed by atoms with E-state index < -0.39 is 66.2 Å². The van der Waals surface area contributed by atoms with E-state index in [9.17, 15) is 32.2 Å². The molecule has 0 saturated heterocycles. The summed E-state index contributed by atoms with van der Waals surface area (Å²) in [6, 6.07) is 0. The molecule has 196 valence electrons. The molecular weight excluding hydrogens is 544 g/mol. The number of hydrogen-bond donors (Lipinski definition) is 0. The van der Waals surface area contributed by atoms with Crippen molar-refractivity contribution in [2.45, 2.75) is 13.2 Å². The molecule has 0 aliphatic rings. The number of aromatic nitrogens is 2. The Hall–Kier alpha value is -1.96. The van der Waals surface area contributed by atoms with Gasteiger partial charge in [-0.3, -0.25) is 4.57 Å². The Morgan fingerprint density at radius 1 is 1.06 bits per heavy atom. The first-order valence-electron chi connectivity index (χ1n) is 9.82. The van der Waals surface area contributed by atoms with E-state index in [4.69, 9.17) is 32.5 Å². The summed E-state index contributed by atoms with van der Waals surface area (Å²) >= 11 is 11.4. The van der Waals surface area contributed by atoms with Gasteiger partial charge in [-0.05, 0) is 19.0 Å². The Balaban J connectivity index is 2.32. The van der Waals surface area contributed by atoms with Crippen LogP contribution in [0.1, 0.15) is 11.4 Å². The van der Waals surface area contributed by atoms with Gasteiger partial charge in [0.2, 0.25) is 17.5 Å². The van der Waals surface area contributed by atoms with Crippen LogP contribution in [0.15, 0.2) is 6.20 Å². The fourth-order valence-corrected chi connectivity index (χ4v) is 5.55. The van der Waals surface area contributed by atoms with E-state index in [-0.39, 0.29) is 30.7 Å². The molecule has 0 amide bonds. The Kier molecular flexibility index (Phi) is 10.3. The van der Waals surface area contributed by atoms with Crippen LogP contribution in [0.2, 0.25) is 0 Å². The summed E-state index contributed by atoms with van der Waals surface area (Å²) in [6.07, 6.45) is 0.883. The molecule has 0 radical (unpaired) electrons. The van der Waals surface area contributed by atoms with Crippen LogP contribution in [0.4, 0.5) is 23.4 Å². The second-order valence-electron chi connectivity index (χ2n) is 7.11. The first kappa shape index (κ1) is 29.3. The Labute approximate surface area is 208 Å². The highest BCUT2D eigenvalue weighted by atomic mass is 35.5. The summed E-state index contributed by atoms with van der Waals surface area (Å²) < 4.78 is 85.4. The summed E-state index contributed by atoms with van der Waals surface area (Å²) in [4.78, 5) is 13.8. The van der Waals surface area contributed by atoms with Gasteiger partial charge in [0.25, 0.3) is 0 Å². The third-order valence-corrected chi connectivity index (χ3v) is 7.89. The first-order chi connectivity index (χ1) is 16.4. The SMILES string of the molecule is CN(CCCl)P(=O)(OCc1c(F)c(F)c(OCc2ncc([N+](=O)[O-])n2C)c(F)c1F)N(C)CCCl. The van der Waals surface area contributed by atoms with Gasteiger partial charge < -0.3 is 19.4 Å². The lowest BCUT2D eigenvalue weighted by atomic mass is 10.1. The van der Waals surface area contributed by atoms with E-state index in [1.54, 1.807) is 0 Å². The predicted octanol–water partition coefficient (Wildman–Crippen LogP) is 4.43. The zero-order valence-corrected chi connectivity index (χ0v) is 21.2. The highest BCUT2D eigenvalue weighted by Gasteiger charge is 2.36. The van der Waals surface area contributed by atoms with E-state index in [0.717, 1.165) is 10.8 Å². The lowest BCUT2D eigenvalue weighted by molar-refractivity contribution is -0.391. The molecular formula is C18H22Cl2F4N5O5P. The van der Waals surface area contributed by atoms with E-state index in [2.05, 4.69) is 4.98 Å². The summed E-state index contributed by atoms with van der Waals surface area (Å²) in [6.45, 7) is -1.68. The van der Waals surface area contributed by atoms with E-state index >= 15 is 0 Å². The third-order valence-electron chi connectivity index (χ3n) is 4.96. The van der Waals surface area contributed by atoms with Gasteiger partial charge in [0.1, 0.15) is 6.20 Å². The molecule has 0 atom stereocenters. The van der Waals surface area contributed by atoms with Gasteiger partial charge in [-0.1, -0.05) is 0 Å². The highest BCUT2D eigenvalue weighted by molar-refractivity contribution is 7.53. The molecule has 0 fully saturated rings. The number of imidazole rings is 1. The molecule has 0 saturated carbocycles. The smallest absolute Gasteiger partial charge is 0.345 e. The molecule has 0 spiro atoms. The summed E-state index contributed by atoms with van der Waals surface area (Å²) in [5.74, 6) is -9.24. The number of halogens is 6. The monoisotopic (exact) mass is 565 g/mol. The number of ether oxygens (including phenoxy) is 1. The molecule has 2 rings (SSSR count). The minimum absolute atomic E-state index is 0.0513. The maximum absolute atomic E-state index is 14.7. The molecule has 10 nitrogen and oxygen atoms in total. The van der Waals surface area contributed by atoms with Crippen molar-refractivity contribution < 1.29 is 36.3 Å². The van der Waals surface area contributed by atoms with Crippen LogP contribution in [-0.2, 0) is 29.4 Å². The third kappa shape index (κ3) is 6.25. The second kappa shape index (κ2) is 12.3. The highest BCUT2D eigenvalue weighted by Crippen LogP contribution is 2.53. The molecule has 1 heterocycles. The second-order valence-corrected chi connectivity index (χ2v) is 10.5. The molecule has 1 aromatic heterocycles. The topological polar surface area (TPSA) is 103 Å². The number of nitrogens with zero attached hydrogens (tertiary/aromatic N) is 5. The molecule has 0 unspecified atom stereocenters. The minimum atomic E-state index is -3.92. The van der Waals surface area contributed by atoms with Gasteiger partial charge >= 0.3 is 13.5 Å². The summed E-state index contributed by atoms with van der Waals surface area (Å²) in [5.41, 5.74) is -1.15. The van der Waals surface area contributed by atoms with Gasteiger partial charge in [-0.15, -0.1) is 23.2 Å². The maximum atomic E-state index is 14.7. The van der Waals surface area contributed by atoms with Crippen molar-refractivity contribution in [3.05, 3.63) is 51.0 Å². The fourth-order valence-electron chi connectivity index (χ4n) is 2.89. The molecule has 2 aromatic rings. The van der Waals surface area contributed by atoms with Crippen LogP contribution in [0.5, 0.6) is 5.75 Å². The zero-order valence-electron chi connectivity index (χ0n) is 18.8. The Morgan fingerprint density at radius 2 is 1.57 bits per heavy atom. The minimum Gasteiger partial charge on any atom is -0.477 e. The van der Waals surface area contributed by atoms with Crippen molar-refractivity contribution in [3.63, 3.8) is 0 Å². The average Bonchev–Trinajstić information content (AvgIpc) is 3.18. The number of nitro groups is 1. The van der Waals surface area contributed by atoms with Crippen LogP contribution in [0, 0.1) is 33.4 Å². The van der Waals surface area contributed by atoms with Crippen LogP contribution >= 0.6 is 30.9 Å². The van der Waals surface area contributed by atoms with Gasteiger partial charge in [-0.25, -0.2) is 27.7 Å². The van der Waals surface area contributed by atoms with Crippen molar-refractivity contribution in [1.29, 1.82) is 0 Å². The maximum Gasteiger partial charge on any atom is 0.345 e. The molecule has 0 aliphatic heterocycles. The molecule has 0 N–H and O–H groups in total. The van der Waals surface area contributed by atoms with Crippen molar-refractivity contribution in [2.75, 3.05) is 38.9 Å². The van der Waals surface area contributed by atoms with Crippen LogP contribution < -0.4 is 4.74 Å². The fraction of sp³-hybridized carbons (Fsp3) is 0.500. The molecule has 0 bridgehead atoms. The van der Waals surface area contributed by atoms with Gasteiger partial charge in [0.15, 0.2) is 24.0 Å². The average molecular weight is 566 g/mol. The van der Waals surface area contributed by atoms with Gasteiger partial charge in [0.05, 0.1) is 19.2 Å². The molecule has 1 aromatic carbocycles. The van der Waals surface area contributed by atoms with Crippen LogP contribution in [0.3, 0.4) is 0 Å². The normalized spacial score (nSPS) is 12.1. The van der Waals surface area contributed by atoms with Gasteiger partial charge in [0, 0.05) is 24.8 Å². The lowest BCUT2D eigenvalue weighted by Gasteiger charge is -2.33. The van der Waals surface area contributed by atoms with Crippen molar-refractivity contribution in [2.24, 2.45) is 7.05 Å². The number of rotatable bonds is 13. The Morgan fingerprint density at radius 3 is 2.00 bits per heavy atom. The number of alkyl halides is 2. The zero-order chi connectivity index (χ0) is 26.5. The predicted molar refractivity (Wildman–Crippen MR) is 120 cm³/mol. The quantitative estimate of drug-likeness (QED) is 0.0877. The van der Waals surface area contributed by atoms with Crippen molar-refractivity contribution in [3.8, 4) is 5.75 Å². The summed E-state index contributed by atoms with van der Waals surface area (Å²) in [5, 5.41) is 10.9. The lowest BCUT2D eigenvalue weighted by Crippen LogP contribution is -2.31. The Bertz CT molecular complexity index is 1080. The van der Waals surface area contributed by atoms with Crippen molar-refractivity contribution in [1.82, 2.24) is 18.9 Å². The molecule has 0 aliphatic carbocycles. The first-order valence-corrected chi connectivity index (χ1v) is 12.4. The van der Waals surface area contributed by atoms with E-state index in [0.29, 0.717) is 0 Å². The largest absolute Gasteiger partial charge is 0.477 e. The number of benzene rings is 1. The van der Waals surface area contributed by atoms with Crippen LogP contribution in [0.25, 0.3) is 0 Å². The van der Waals surface area contributed by atoms with Crippen molar-refractivity contribution >= 4 is 36.7 Å². The molecule has 35 heavy (non-hydrogen) atoms. The van der Waals surface area contributed by atoms with E-state index in [1.165, 1.54) is 30.5 Å². The van der Waals surface area contributed by atoms with E-state index in [1.807, 2.05) is 0 Å². The van der Waals surface area contributed by atoms with Gasteiger partial charge in [-0.2, -0.15) is 8.78 Å². The van der Waals surface area contributed by atoms with Crippen LogP contribution in [-0.4, -0.2) is 62.8 Å². The standard InChI is InChI=1S/C18H22Cl2F4N5O5P/c1-26(6-4-19)35(32,27(2)7-5-20)34-9-11-14(21)16(23)18(17(24)15(11)22)33-10-12-25-8-13(28(12)3)29(30)31/h8H,4-7,9-10H2,1-3H3. The molecule has 17 heteroatoms. The number of hydrogen-bond acceptors (Lipinski definition) is 6. The summed E-state index contributed by atoms with van der Waals surface area (Å²) in [7, 11) is 0.104.